The van der Waals surface area contributed by atoms with Crippen LogP contribution in [0.3, 0.4) is 0 Å². The summed E-state index contributed by atoms with van der Waals surface area (Å²) in [6, 6.07) is 7.98. The average Bonchev–Trinajstić information content (AvgIpc) is 2.95. The van der Waals surface area contributed by atoms with Crippen LogP contribution in [0.2, 0.25) is 5.15 Å². The van der Waals surface area contributed by atoms with E-state index in [1.807, 2.05) is 24.4 Å². The molecule has 1 aliphatic rings. The Bertz CT molecular complexity index is 1110. The Kier molecular flexibility index (Phi) is 6.20. The van der Waals surface area contributed by atoms with Gasteiger partial charge in [0, 0.05) is 38.1 Å². The summed E-state index contributed by atoms with van der Waals surface area (Å²) in [5.41, 5.74) is 5.16. The average molecular weight is 563 g/mol. The van der Waals surface area contributed by atoms with Gasteiger partial charge in [-0.05, 0) is 53.6 Å². The van der Waals surface area contributed by atoms with Crippen molar-refractivity contribution in [1.82, 2.24) is 14.3 Å². The van der Waals surface area contributed by atoms with Gasteiger partial charge in [-0.15, -0.1) is 0 Å². The minimum Gasteiger partial charge on any atom is -0.371 e. The van der Waals surface area contributed by atoms with Crippen LogP contribution in [-0.4, -0.2) is 44.9 Å². The van der Waals surface area contributed by atoms with Crippen molar-refractivity contribution in [2.24, 2.45) is 0 Å². The third-order valence-corrected chi connectivity index (χ3v) is 8.35. The number of hydrogen-bond acceptors (Lipinski definition) is 5. The van der Waals surface area contributed by atoms with Crippen molar-refractivity contribution in [2.45, 2.75) is 13.3 Å². The van der Waals surface area contributed by atoms with Crippen LogP contribution < -0.4 is 14.5 Å². The highest BCUT2D eigenvalue weighted by molar-refractivity contribution is 14.2. The van der Waals surface area contributed by atoms with Crippen LogP contribution in [0, 0.1) is 6.92 Å². The van der Waals surface area contributed by atoms with Gasteiger partial charge in [0.2, 0.25) is 0 Å². The lowest BCUT2D eigenvalue weighted by atomic mass is 10.1. The number of aryl methyl sites for hydroxylation is 1. The van der Waals surface area contributed by atoms with Crippen molar-refractivity contribution < 1.29 is 4.21 Å². The molecule has 0 aliphatic carbocycles. The fraction of sp³-hybridized carbons (Fsp3) is 0.333. The lowest BCUT2D eigenvalue weighted by Gasteiger charge is -2.34. The van der Waals surface area contributed by atoms with E-state index in [1.54, 1.807) is 16.6 Å². The van der Waals surface area contributed by atoms with Crippen molar-refractivity contribution in [3.63, 3.8) is 0 Å². The Morgan fingerprint density at radius 2 is 2.03 bits per heavy atom. The van der Waals surface area contributed by atoms with E-state index in [0.29, 0.717) is 11.5 Å². The SMILES string of the molecule is Cc1nc2c(Nc3ccc(N4CCC4)cc3N(C)S(C)=O)cc(Cl)nc2n1PI. The fourth-order valence-corrected chi connectivity index (χ4v) is 6.02. The maximum Gasteiger partial charge on any atom is 0.167 e. The zero-order chi connectivity index (χ0) is 20.7. The number of rotatable bonds is 6. The van der Waals surface area contributed by atoms with E-state index in [4.69, 9.17) is 16.6 Å². The molecule has 11 heteroatoms. The number of halogens is 2. The number of fused-ring (bicyclic) bond motifs is 1. The highest BCUT2D eigenvalue weighted by atomic mass is 127. The quantitative estimate of drug-likeness (QED) is 0.264. The summed E-state index contributed by atoms with van der Waals surface area (Å²) in [7, 11) is 0.684. The molecule has 1 aliphatic heterocycles. The molecule has 29 heavy (non-hydrogen) atoms. The first kappa shape index (κ1) is 21.1. The monoisotopic (exact) mass is 562 g/mol. The topological polar surface area (TPSA) is 66.3 Å². The van der Waals surface area contributed by atoms with Crippen molar-refractivity contribution in [3.8, 4) is 0 Å². The Morgan fingerprint density at radius 3 is 2.66 bits per heavy atom. The molecule has 154 valence electrons. The predicted molar refractivity (Wildman–Crippen MR) is 134 cm³/mol. The fourth-order valence-electron chi connectivity index (χ4n) is 3.26. The van der Waals surface area contributed by atoms with Gasteiger partial charge in [0.1, 0.15) is 27.5 Å². The Hall–Kier alpha value is -1.16. The number of aromatic nitrogens is 3. The first-order valence-electron chi connectivity index (χ1n) is 9.04. The van der Waals surface area contributed by atoms with Crippen LogP contribution in [0.15, 0.2) is 24.3 Å². The Balaban J connectivity index is 1.80. The molecule has 0 radical (unpaired) electrons. The molecule has 1 fully saturated rings. The van der Waals surface area contributed by atoms with E-state index < -0.39 is 11.0 Å². The van der Waals surface area contributed by atoms with Gasteiger partial charge in [-0.2, -0.15) is 0 Å². The van der Waals surface area contributed by atoms with Crippen molar-refractivity contribution >= 4 is 84.9 Å². The molecule has 2 atom stereocenters. The van der Waals surface area contributed by atoms with Gasteiger partial charge in [0.25, 0.3) is 0 Å². The van der Waals surface area contributed by atoms with Crippen LogP contribution >= 0.6 is 40.0 Å². The zero-order valence-corrected chi connectivity index (χ0v) is 21.0. The molecule has 7 nitrogen and oxygen atoms in total. The summed E-state index contributed by atoms with van der Waals surface area (Å²) in [6.07, 6.45) is 3.36. The van der Waals surface area contributed by atoms with E-state index in [-0.39, 0.29) is 0 Å². The highest BCUT2D eigenvalue weighted by Crippen LogP contribution is 2.38. The number of hydrogen-bond donors (Lipinski definition) is 1. The van der Waals surface area contributed by atoms with Crippen LogP contribution in [0.25, 0.3) is 11.2 Å². The zero-order valence-electron chi connectivity index (χ0n) is 16.2. The lowest BCUT2D eigenvalue weighted by Crippen LogP contribution is -2.37. The molecule has 0 spiro atoms. The largest absolute Gasteiger partial charge is 0.371 e. The third-order valence-electron chi connectivity index (χ3n) is 5.03. The predicted octanol–water partition coefficient (Wildman–Crippen LogP) is 4.87. The second-order valence-electron chi connectivity index (χ2n) is 6.83. The van der Waals surface area contributed by atoms with E-state index in [0.717, 1.165) is 52.8 Å². The van der Waals surface area contributed by atoms with Gasteiger partial charge in [0.05, 0.1) is 23.4 Å². The van der Waals surface area contributed by atoms with Gasteiger partial charge in [-0.3, -0.25) is 8.64 Å². The van der Waals surface area contributed by atoms with Crippen molar-refractivity contribution in [2.75, 3.05) is 40.9 Å². The van der Waals surface area contributed by atoms with E-state index in [9.17, 15) is 4.21 Å². The molecule has 0 saturated carbocycles. The maximum absolute atomic E-state index is 12.2. The number of pyridine rings is 1. The van der Waals surface area contributed by atoms with Gasteiger partial charge in [-0.25, -0.2) is 14.2 Å². The molecule has 4 rings (SSSR count). The molecule has 0 bridgehead atoms. The number of benzene rings is 1. The number of nitrogens with zero attached hydrogens (tertiary/aromatic N) is 5. The normalized spacial score (nSPS) is 15.1. The maximum atomic E-state index is 12.2. The summed E-state index contributed by atoms with van der Waals surface area (Å²) in [6.45, 7) is 4.07. The Labute approximate surface area is 192 Å². The third kappa shape index (κ3) is 4.06. The van der Waals surface area contributed by atoms with Crippen LogP contribution in [0.4, 0.5) is 22.7 Å². The molecule has 0 amide bonds. The van der Waals surface area contributed by atoms with Crippen molar-refractivity contribution in [3.05, 3.63) is 35.2 Å². The molecule has 1 aromatic carbocycles. The van der Waals surface area contributed by atoms with Gasteiger partial charge < -0.3 is 10.2 Å². The van der Waals surface area contributed by atoms with Crippen LogP contribution in [0.1, 0.15) is 12.2 Å². The lowest BCUT2D eigenvalue weighted by molar-refractivity contribution is 0.618. The first-order chi connectivity index (χ1) is 13.9. The van der Waals surface area contributed by atoms with Gasteiger partial charge in [0.15, 0.2) is 5.65 Å². The van der Waals surface area contributed by atoms with E-state index >= 15 is 0 Å². The smallest absolute Gasteiger partial charge is 0.167 e. The van der Waals surface area contributed by atoms with Crippen LogP contribution in [0.5, 0.6) is 0 Å². The molecule has 1 N–H and O–H groups in total. The standard InChI is InChI=1S/C18H21ClIN6OPS/c1-11-21-17-14(10-16(19)23-18(17)26(11)28-20)22-13-6-5-12(25-7-4-8-25)9-15(13)24(2)29(3)27/h5-6,9-10,28H,4,7-8H2,1-3H3,(H,22,23). The van der Waals surface area contributed by atoms with Crippen LogP contribution in [-0.2, 0) is 11.0 Å². The van der Waals surface area contributed by atoms with Gasteiger partial charge in [-0.1, -0.05) is 11.6 Å². The van der Waals surface area contributed by atoms with E-state index in [2.05, 4.69) is 49.4 Å². The molecule has 2 unspecified atom stereocenters. The summed E-state index contributed by atoms with van der Waals surface area (Å²) in [4.78, 5) is 11.5. The molecule has 3 heterocycles. The Morgan fingerprint density at radius 1 is 1.28 bits per heavy atom. The summed E-state index contributed by atoms with van der Waals surface area (Å²) in [5.74, 6) is 0.894. The molecular formula is C18H21ClIN6OPS. The highest BCUT2D eigenvalue weighted by Gasteiger charge is 2.20. The molecule has 1 saturated heterocycles. The summed E-state index contributed by atoms with van der Waals surface area (Å²) >= 11 is 8.63. The second-order valence-corrected chi connectivity index (χ2v) is 10.7. The number of anilines is 4. The molecular weight excluding hydrogens is 542 g/mol. The first-order valence-corrected chi connectivity index (χ1v) is 15.0. The summed E-state index contributed by atoms with van der Waals surface area (Å²) < 4.78 is 16.0. The van der Waals surface area contributed by atoms with E-state index in [1.165, 1.54) is 6.42 Å². The number of imidazole rings is 1. The minimum atomic E-state index is -1.15. The van der Waals surface area contributed by atoms with Gasteiger partial charge >= 0.3 is 0 Å². The second kappa shape index (κ2) is 8.53. The molecule has 3 aromatic rings. The van der Waals surface area contributed by atoms with Crippen molar-refractivity contribution in [1.29, 1.82) is 0 Å². The summed E-state index contributed by atoms with van der Waals surface area (Å²) in [5, 5.41) is 3.87. The minimum absolute atomic E-state index is 0.405. The number of nitrogens with one attached hydrogen (secondary N) is 1. The molecule has 2 aromatic heterocycles.